The van der Waals surface area contributed by atoms with Crippen molar-refractivity contribution in [1.82, 2.24) is 0 Å². The topological polar surface area (TPSA) is 32.3 Å². The van der Waals surface area contributed by atoms with Crippen LogP contribution in [0, 0.1) is 0 Å². The van der Waals surface area contributed by atoms with Gasteiger partial charge in [0.15, 0.2) is 0 Å². The van der Waals surface area contributed by atoms with E-state index < -0.39 is 0 Å². The molecule has 20 heavy (non-hydrogen) atoms. The molecule has 100 valence electrons. The van der Waals surface area contributed by atoms with Gasteiger partial charge in [0.05, 0.1) is 0 Å². The van der Waals surface area contributed by atoms with Crippen molar-refractivity contribution >= 4 is 32.4 Å². The smallest absolute Gasteiger partial charge is 0.115 e. The molecule has 0 amide bonds. The quantitative estimate of drug-likeness (QED) is 0.715. The fourth-order valence-electron chi connectivity index (χ4n) is 2.23. The van der Waals surface area contributed by atoms with Crippen molar-refractivity contribution in [3.05, 3.63) is 70.7 Å². The van der Waals surface area contributed by atoms with Gasteiger partial charge in [-0.1, -0.05) is 52.3 Å². The van der Waals surface area contributed by atoms with Gasteiger partial charge in [-0.25, -0.2) is 0 Å². The highest BCUT2D eigenvalue weighted by molar-refractivity contribution is 9.10. The molecule has 0 radical (unpaired) electrons. The predicted molar refractivity (Wildman–Crippen MR) is 87.1 cm³/mol. The van der Waals surface area contributed by atoms with Crippen molar-refractivity contribution < 1.29 is 5.11 Å². The van der Waals surface area contributed by atoms with Crippen molar-refractivity contribution in [2.45, 2.75) is 6.54 Å². The third-order valence-electron chi connectivity index (χ3n) is 3.29. The molecule has 0 aliphatic carbocycles. The second-order valence-electron chi connectivity index (χ2n) is 4.66. The number of anilines is 1. The first kappa shape index (κ1) is 13.0. The average Bonchev–Trinajstić information content (AvgIpc) is 2.49. The molecule has 0 heterocycles. The molecular formula is C17H14BrNO. The molecule has 3 rings (SSSR count). The summed E-state index contributed by atoms with van der Waals surface area (Å²) in [7, 11) is 0. The lowest BCUT2D eigenvalue weighted by Crippen LogP contribution is -1.99. The van der Waals surface area contributed by atoms with E-state index in [0.717, 1.165) is 22.3 Å². The van der Waals surface area contributed by atoms with Crippen molar-refractivity contribution in [3.8, 4) is 5.75 Å². The zero-order valence-corrected chi connectivity index (χ0v) is 12.4. The summed E-state index contributed by atoms with van der Waals surface area (Å²) in [6.45, 7) is 0.728. The lowest BCUT2D eigenvalue weighted by Gasteiger charge is -2.11. The van der Waals surface area contributed by atoms with Gasteiger partial charge in [0.1, 0.15) is 5.75 Å². The highest BCUT2D eigenvalue weighted by Crippen LogP contribution is 2.30. The molecule has 0 aliphatic heterocycles. The summed E-state index contributed by atoms with van der Waals surface area (Å²) in [6, 6.07) is 19.7. The normalized spacial score (nSPS) is 10.7. The molecule has 0 aliphatic rings. The first-order chi connectivity index (χ1) is 9.74. The molecule has 3 heteroatoms. The van der Waals surface area contributed by atoms with Gasteiger partial charge in [-0.2, -0.15) is 0 Å². The van der Waals surface area contributed by atoms with Crippen LogP contribution < -0.4 is 5.32 Å². The lowest BCUT2D eigenvalue weighted by molar-refractivity contribution is 0.475. The lowest BCUT2D eigenvalue weighted by atomic mass is 10.1. The molecule has 0 bridgehead atoms. The zero-order valence-electron chi connectivity index (χ0n) is 10.8. The van der Waals surface area contributed by atoms with E-state index >= 15 is 0 Å². The summed E-state index contributed by atoms with van der Waals surface area (Å²) >= 11 is 3.58. The summed E-state index contributed by atoms with van der Waals surface area (Å²) in [5.41, 5.74) is 2.24. The Morgan fingerprint density at radius 1 is 0.850 bits per heavy atom. The number of aromatic hydroxyl groups is 1. The van der Waals surface area contributed by atoms with Crippen LogP contribution >= 0.6 is 15.9 Å². The summed E-state index contributed by atoms with van der Waals surface area (Å²) in [4.78, 5) is 0. The van der Waals surface area contributed by atoms with Crippen molar-refractivity contribution in [2.75, 3.05) is 5.32 Å². The van der Waals surface area contributed by atoms with Crippen LogP contribution in [0.3, 0.4) is 0 Å². The molecule has 0 fully saturated rings. The molecule has 0 unspecified atom stereocenters. The van der Waals surface area contributed by atoms with E-state index in [1.807, 2.05) is 24.3 Å². The van der Waals surface area contributed by atoms with Crippen LogP contribution in [0.2, 0.25) is 0 Å². The Balaban J connectivity index is 1.88. The maximum absolute atomic E-state index is 9.29. The average molecular weight is 328 g/mol. The van der Waals surface area contributed by atoms with E-state index in [9.17, 15) is 5.11 Å². The van der Waals surface area contributed by atoms with Gasteiger partial charge in [-0.05, 0) is 35.2 Å². The molecule has 3 aromatic carbocycles. The first-order valence-corrected chi connectivity index (χ1v) is 7.22. The third-order valence-corrected chi connectivity index (χ3v) is 3.98. The number of fused-ring (bicyclic) bond motifs is 1. The van der Waals surface area contributed by atoms with Crippen LogP contribution in [0.15, 0.2) is 65.1 Å². The Morgan fingerprint density at radius 3 is 2.30 bits per heavy atom. The van der Waals surface area contributed by atoms with Crippen LogP contribution in [0.5, 0.6) is 5.75 Å². The molecule has 0 saturated heterocycles. The van der Waals surface area contributed by atoms with E-state index in [-0.39, 0.29) is 0 Å². The minimum Gasteiger partial charge on any atom is -0.508 e. The molecule has 0 aromatic heterocycles. The van der Waals surface area contributed by atoms with E-state index in [4.69, 9.17) is 0 Å². The van der Waals surface area contributed by atoms with Gasteiger partial charge in [0, 0.05) is 22.1 Å². The van der Waals surface area contributed by atoms with E-state index in [2.05, 4.69) is 45.5 Å². The summed E-state index contributed by atoms with van der Waals surface area (Å²) in [5, 5.41) is 15.1. The number of hydrogen-bond donors (Lipinski definition) is 2. The second-order valence-corrected chi connectivity index (χ2v) is 5.51. The number of benzene rings is 3. The van der Waals surface area contributed by atoms with Crippen LogP contribution in [-0.4, -0.2) is 5.11 Å². The minimum absolute atomic E-state index is 0.294. The van der Waals surface area contributed by atoms with Crippen molar-refractivity contribution in [1.29, 1.82) is 0 Å². The molecule has 0 spiro atoms. The van der Waals surface area contributed by atoms with E-state index in [0.29, 0.717) is 5.75 Å². The fourth-order valence-corrected chi connectivity index (χ4v) is 2.71. The summed E-state index contributed by atoms with van der Waals surface area (Å²) in [5.74, 6) is 0.294. The standard InChI is InChI=1S/C17H14BrNO/c18-16-9-10-17(15-4-2-1-3-14(15)16)19-11-12-5-7-13(20)8-6-12/h1-10,19-20H,11H2. The molecule has 3 aromatic rings. The highest BCUT2D eigenvalue weighted by Gasteiger charge is 2.03. The Bertz CT molecular complexity index is 738. The number of nitrogens with one attached hydrogen (secondary N) is 1. The number of phenolic OH excluding ortho intramolecular Hbond substituents is 1. The number of phenols is 1. The van der Waals surface area contributed by atoms with Crippen LogP contribution in [-0.2, 0) is 6.54 Å². The van der Waals surface area contributed by atoms with Gasteiger partial charge >= 0.3 is 0 Å². The molecular weight excluding hydrogens is 314 g/mol. The van der Waals surface area contributed by atoms with Gasteiger partial charge in [-0.15, -0.1) is 0 Å². The molecule has 0 saturated carbocycles. The van der Waals surface area contributed by atoms with Gasteiger partial charge < -0.3 is 10.4 Å². The predicted octanol–water partition coefficient (Wildman–Crippen LogP) is 4.92. The monoisotopic (exact) mass is 327 g/mol. The largest absolute Gasteiger partial charge is 0.508 e. The number of rotatable bonds is 3. The zero-order chi connectivity index (χ0) is 13.9. The maximum Gasteiger partial charge on any atom is 0.115 e. The minimum atomic E-state index is 0.294. The Kier molecular flexibility index (Phi) is 3.61. The summed E-state index contributed by atoms with van der Waals surface area (Å²) < 4.78 is 1.10. The van der Waals surface area contributed by atoms with Crippen molar-refractivity contribution in [2.24, 2.45) is 0 Å². The van der Waals surface area contributed by atoms with Crippen LogP contribution in [0.4, 0.5) is 5.69 Å². The van der Waals surface area contributed by atoms with Gasteiger partial charge in [-0.3, -0.25) is 0 Å². The Morgan fingerprint density at radius 2 is 1.55 bits per heavy atom. The van der Waals surface area contributed by atoms with Gasteiger partial charge in [0.25, 0.3) is 0 Å². The molecule has 0 atom stereocenters. The molecule has 2 N–H and O–H groups in total. The maximum atomic E-state index is 9.29. The van der Waals surface area contributed by atoms with Gasteiger partial charge in [0.2, 0.25) is 0 Å². The number of hydrogen-bond acceptors (Lipinski definition) is 2. The third kappa shape index (κ3) is 2.63. The summed E-state index contributed by atoms with van der Waals surface area (Å²) in [6.07, 6.45) is 0. The Hall–Kier alpha value is -2.00. The second kappa shape index (κ2) is 5.55. The van der Waals surface area contributed by atoms with E-state index in [1.54, 1.807) is 12.1 Å². The van der Waals surface area contributed by atoms with Crippen LogP contribution in [0.1, 0.15) is 5.56 Å². The Labute approximate surface area is 126 Å². The highest BCUT2D eigenvalue weighted by atomic mass is 79.9. The SMILES string of the molecule is Oc1ccc(CNc2ccc(Br)c3ccccc23)cc1. The van der Waals surface area contributed by atoms with Crippen LogP contribution in [0.25, 0.3) is 10.8 Å². The fraction of sp³-hybridized carbons (Fsp3) is 0.0588. The van der Waals surface area contributed by atoms with Crippen molar-refractivity contribution in [3.63, 3.8) is 0 Å². The number of halogens is 1. The van der Waals surface area contributed by atoms with E-state index in [1.165, 1.54) is 10.8 Å². The first-order valence-electron chi connectivity index (χ1n) is 6.43. The molecule has 2 nitrogen and oxygen atoms in total.